The van der Waals surface area contributed by atoms with Gasteiger partial charge in [0.05, 0.1) is 38.6 Å². The summed E-state index contributed by atoms with van der Waals surface area (Å²) in [5, 5.41) is 115. The molecule has 13 N–H and O–H groups in total. The fourth-order valence-electron chi connectivity index (χ4n) is 17.5. The van der Waals surface area contributed by atoms with Gasteiger partial charge in [-0.1, -0.05) is 57.9 Å². The number of hydrogen-bond acceptors (Lipinski definition) is 32. The summed E-state index contributed by atoms with van der Waals surface area (Å²) in [4.78, 5) is 12.5. The van der Waals surface area contributed by atoms with Gasteiger partial charge in [0.25, 0.3) is 0 Å². The Bertz CT molecular complexity index is 3210. The molecule has 0 amide bonds. The zero-order valence-corrected chi connectivity index (χ0v) is 59.3. The normalized spacial score (nSPS) is 46.0. The molecule has 32 unspecified atom stereocenters. The Labute approximate surface area is 575 Å². The number of aliphatic hydroxyl groups is 10. The number of hydrogen-bond donors (Lipinski definition) is 13. The highest BCUT2D eigenvalue weighted by Gasteiger charge is 2.69. The lowest BCUT2D eigenvalue weighted by Crippen LogP contribution is -2.68. The molecule has 572 valence electrons. The SMILES string of the molecule is COC1C(O)C(COS(=O)(=O)O)OC(OC2C(O)C(COS(=O)(=O)O)OC(OC3C(C)OC(OC4C(OC5CCC6(C)C7=CCC8(C)C(C(C)(O)C(CC=C(C)C)OC(C)=O)CCC8(C)C7CCC6C5(C)C)OCC(OS(=O)(=O)O)C4O)C(OC4OCC(O)C(O)C4O)C3O)C2O)C1O. The fraction of sp³-hybridized carbons (Fsp3) is 0.918. The van der Waals surface area contributed by atoms with E-state index >= 15 is 0 Å². The lowest BCUT2D eigenvalue weighted by Gasteiger charge is -2.65. The van der Waals surface area contributed by atoms with Gasteiger partial charge in [0, 0.05) is 20.5 Å². The van der Waals surface area contributed by atoms with Gasteiger partial charge in [-0.2, -0.15) is 25.3 Å². The van der Waals surface area contributed by atoms with Crippen molar-refractivity contribution in [1.82, 2.24) is 0 Å². The average molecular weight is 1490 g/mol. The number of carbonyl (C=O) groups excluding carboxylic acids is 1. The highest BCUT2D eigenvalue weighted by atomic mass is 32.3. The van der Waals surface area contributed by atoms with E-state index in [9.17, 15) is 94.8 Å². The first-order valence-electron chi connectivity index (χ1n) is 33.0. The first-order chi connectivity index (χ1) is 45.8. The van der Waals surface area contributed by atoms with Crippen LogP contribution in [0.1, 0.15) is 121 Å². The molecular formula is C61H100O35S3. The maximum Gasteiger partial charge on any atom is 0.397 e. The number of esters is 1. The molecule has 35 nitrogen and oxygen atoms in total. The second kappa shape index (κ2) is 30.5. The minimum absolute atomic E-state index is 0.0527. The van der Waals surface area contributed by atoms with Gasteiger partial charge >= 0.3 is 37.2 Å². The van der Waals surface area contributed by atoms with Crippen molar-refractivity contribution < 1.29 is 164 Å². The molecule has 0 aromatic carbocycles. The van der Waals surface area contributed by atoms with Crippen molar-refractivity contribution in [2.45, 2.75) is 280 Å². The van der Waals surface area contributed by atoms with Crippen molar-refractivity contribution in [3.63, 3.8) is 0 Å². The van der Waals surface area contributed by atoms with Crippen molar-refractivity contribution >= 4 is 37.2 Å². The fourth-order valence-corrected chi connectivity index (χ4v) is 18.6. The van der Waals surface area contributed by atoms with Gasteiger partial charge in [-0.05, 0) is 112 Å². The molecule has 99 heavy (non-hydrogen) atoms. The molecule has 0 radical (unpaired) electrons. The van der Waals surface area contributed by atoms with E-state index in [1.54, 1.807) is 6.92 Å². The third-order valence-corrected chi connectivity index (χ3v) is 24.2. The molecule has 8 fully saturated rings. The monoisotopic (exact) mass is 1490 g/mol. The van der Waals surface area contributed by atoms with E-state index in [1.807, 2.05) is 19.9 Å². The van der Waals surface area contributed by atoms with E-state index in [1.165, 1.54) is 19.4 Å². The zero-order valence-electron chi connectivity index (χ0n) is 56.8. The van der Waals surface area contributed by atoms with E-state index < -0.39 is 234 Å². The van der Waals surface area contributed by atoms with Gasteiger partial charge in [0.1, 0.15) is 115 Å². The second-order valence-electron chi connectivity index (χ2n) is 29.5. The maximum absolute atomic E-state index is 12.6. The highest BCUT2D eigenvalue weighted by Crippen LogP contribution is 2.74. The van der Waals surface area contributed by atoms with Crippen LogP contribution in [-0.2, 0) is 105 Å². The Kier molecular flexibility index (Phi) is 24.9. The zero-order chi connectivity index (χ0) is 73.4. The van der Waals surface area contributed by atoms with Crippen molar-refractivity contribution in [1.29, 1.82) is 0 Å². The van der Waals surface area contributed by atoms with Crippen LogP contribution in [-0.4, -0.2) is 289 Å². The van der Waals surface area contributed by atoms with Crippen LogP contribution in [0.15, 0.2) is 23.3 Å². The topological polar surface area (TPSA) is 521 Å². The van der Waals surface area contributed by atoms with Gasteiger partial charge in [-0.3, -0.25) is 18.5 Å². The van der Waals surface area contributed by atoms with Crippen molar-refractivity contribution in [3.8, 4) is 0 Å². The van der Waals surface area contributed by atoms with Gasteiger partial charge in [-0.25, -0.2) is 12.5 Å². The molecule has 9 rings (SSSR count). The van der Waals surface area contributed by atoms with Crippen LogP contribution in [0.25, 0.3) is 0 Å². The predicted octanol–water partition coefficient (Wildman–Crippen LogP) is -1.45. The van der Waals surface area contributed by atoms with Crippen LogP contribution >= 0.6 is 0 Å². The smallest absolute Gasteiger partial charge is 0.397 e. The Morgan fingerprint density at radius 1 is 0.616 bits per heavy atom. The summed E-state index contributed by atoms with van der Waals surface area (Å²) >= 11 is 0. The second-order valence-corrected chi connectivity index (χ2v) is 32.7. The van der Waals surface area contributed by atoms with Gasteiger partial charge in [0.2, 0.25) is 0 Å². The molecule has 5 aliphatic heterocycles. The van der Waals surface area contributed by atoms with Gasteiger partial charge in [-0.15, -0.1) is 0 Å². The van der Waals surface area contributed by atoms with Crippen LogP contribution < -0.4 is 0 Å². The summed E-state index contributed by atoms with van der Waals surface area (Å²) < 4.78 is 186. The van der Waals surface area contributed by atoms with Crippen LogP contribution in [0.4, 0.5) is 0 Å². The standard InChI is InChI=1S/C61H100O35S3/c1-26(2)12-15-38(88-28(4)62)61(10,72)36-17-21-59(8)30-13-14-35-57(5,6)37(18-19-58(35,7)29(30)16-20-60(36,59)9)91-55-50(42(67)34(23-84-55)96-99(79,80)81)95-56-51(94-52-43(68)39(64)31(63)22-83-52)44(69)47(27(3)87-56)92-54-46(71)49(41(66)33(90-54)25-86-98(76,77)78)93-53-45(70)48(82-11)40(65)32(89-53)24-85-97(73,74)75/h12,16,27,30-56,63-72H,13-15,17-25H2,1-11H3,(H,73,74,75)(H,76,77,78)(H,79,80,81). The molecule has 5 heterocycles. The molecule has 0 bridgehead atoms. The minimum Gasteiger partial charge on any atom is -0.459 e. The molecule has 32 atom stereocenters. The number of ether oxygens (including phenoxy) is 12. The Morgan fingerprint density at radius 2 is 1.17 bits per heavy atom. The van der Waals surface area contributed by atoms with Crippen molar-refractivity contribution in [2.75, 3.05) is 33.5 Å². The van der Waals surface area contributed by atoms with E-state index in [4.69, 9.17) is 61.0 Å². The summed E-state index contributed by atoms with van der Waals surface area (Å²) in [6.07, 6.45) is -37.8. The summed E-state index contributed by atoms with van der Waals surface area (Å²) in [5.74, 6) is -0.635. The molecule has 4 aliphatic carbocycles. The van der Waals surface area contributed by atoms with E-state index in [-0.39, 0.29) is 28.6 Å². The minimum atomic E-state index is -5.33. The third kappa shape index (κ3) is 16.8. The Hall–Kier alpha value is -2.28. The van der Waals surface area contributed by atoms with E-state index in [0.29, 0.717) is 32.1 Å². The van der Waals surface area contributed by atoms with Crippen LogP contribution in [0.3, 0.4) is 0 Å². The molecule has 9 aliphatic rings. The largest absolute Gasteiger partial charge is 0.459 e. The summed E-state index contributed by atoms with van der Waals surface area (Å²) in [5.41, 5.74) is -0.796. The molecule has 5 saturated heterocycles. The van der Waals surface area contributed by atoms with E-state index in [2.05, 4.69) is 49.1 Å². The average Bonchev–Trinajstić information content (AvgIpc) is 1.66. The first kappa shape index (κ1) is 80.8. The number of fused-ring (bicyclic) bond motifs is 5. The number of rotatable bonds is 24. The Balaban J connectivity index is 0.987. The molecule has 38 heteroatoms. The summed E-state index contributed by atoms with van der Waals surface area (Å²) in [7, 11) is -14.8. The predicted molar refractivity (Wildman–Crippen MR) is 331 cm³/mol. The summed E-state index contributed by atoms with van der Waals surface area (Å²) in [6, 6.07) is 0. The first-order valence-corrected chi connectivity index (χ1v) is 37.1. The Morgan fingerprint density at radius 3 is 1.75 bits per heavy atom. The van der Waals surface area contributed by atoms with Gasteiger partial charge < -0.3 is 108 Å². The lowest BCUT2D eigenvalue weighted by molar-refractivity contribution is -0.403. The molecule has 0 spiro atoms. The van der Waals surface area contributed by atoms with Crippen molar-refractivity contribution in [3.05, 3.63) is 23.3 Å². The molecule has 0 aromatic rings. The molecule has 3 saturated carbocycles. The quantitative estimate of drug-likeness (QED) is 0.0228. The number of methoxy groups -OCH3 is 1. The van der Waals surface area contributed by atoms with Crippen LogP contribution in [0.2, 0.25) is 0 Å². The number of carbonyl (C=O) groups is 1. The number of aliphatic hydroxyl groups excluding tert-OH is 9. The lowest BCUT2D eigenvalue weighted by atomic mass is 9.41. The van der Waals surface area contributed by atoms with E-state index in [0.717, 1.165) is 31.9 Å². The highest BCUT2D eigenvalue weighted by molar-refractivity contribution is 7.81. The summed E-state index contributed by atoms with van der Waals surface area (Å²) in [6.45, 7) is 15.5. The van der Waals surface area contributed by atoms with Crippen LogP contribution in [0, 0.1) is 39.4 Å². The maximum atomic E-state index is 12.6. The van der Waals surface area contributed by atoms with Crippen LogP contribution in [0.5, 0.6) is 0 Å². The molecular weight excluding hydrogens is 1390 g/mol. The van der Waals surface area contributed by atoms with Gasteiger partial charge in [0.15, 0.2) is 31.5 Å². The molecule has 0 aromatic heterocycles. The third-order valence-electron chi connectivity index (χ3n) is 22.8. The number of allylic oxidation sites excluding steroid dienone is 3. The van der Waals surface area contributed by atoms with Crippen molar-refractivity contribution in [2.24, 2.45) is 39.4 Å².